The third-order valence-electron chi connectivity index (χ3n) is 2.48. The Bertz CT molecular complexity index is 431. The maximum atomic E-state index is 11.5. The third kappa shape index (κ3) is 1.88. The van der Waals surface area contributed by atoms with Gasteiger partial charge >= 0.3 is 5.97 Å². The summed E-state index contributed by atoms with van der Waals surface area (Å²) in [4.78, 5) is 28.5. The predicted octanol–water partition coefficient (Wildman–Crippen LogP) is 0.995. The molecule has 5 heteroatoms. The van der Waals surface area contributed by atoms with Crippen LogP contribution in [0.2, 0.25) is 0 Å². The normalized spacial score (nSPS) is 15.3. The smallest absolute Gasteiger partial charge is 0.356 e. The van der Waals surface area contributed by atoms with Crippen LogP contribution in [-0.4, -0.2) is 30.5 Å². The molecule has 0 atom stereocenters. The van der Waals surface area contributed by atoms with Gasteiger partial charge in [0.15, 0.2) is 5.69 Å². The number of pyridine rings is 1. The minimum Gasteiger partial charge on any atom is -0.464 e. The Balaban J connectivity index is 2.28. The summed E-state index contributed by atoms with van der Waals surface area (Å²) in [6.07, 6.45) is 1.38. The number of carbonyl (C=O) groups is 2. The van der Waals surface area contributed by atoms with Crippen molar-refractivity contribution in [2.45, 2.75) is 12.8 Å². The molecule has 0 unspecified atom stereocenters. The first-order valence-corrected chi connectivity index (χ1v) is 5.08. The highest BCUT2D eigenvalue weighted by atomic mass is 16.5. The first-order valence-electron chi connectivity index (χ1n) is 5.08. The van der Waals surface area contributed by atoms with E-state index in [1.165, 1.54) is 7.11 Å². The number of aromatic nitrogens is 1. The molecule has 1 fully saturated rings. The van der Waals surface area contributed by atoms with Crippen molar-refractivity contribution in [1.82, 2.24) is 4.98 Å². The molecule has 1 aromatic rings. The van der Waals surface area contributed by atoms with E-state index in [0.717, 1.165) is 6.42 Å². The van der Waals surface area contributed by atoms with E-state index in [9.17, 15) is 9.59 Å². The van der Waals surface area contributed by atoms with Gasteiger partial charge in [-0.3, -0.25) is 9.69 Å². The quantitative estimate of drug-likeness (QED) is 0.697. The maximum Gasteiger partial charge on any atom is 0.356 e. The number of nitrogens with zero attached hydrogens (tertiary/aromatic N) is 2. The van der Waals surface area contributed by atoms with Gasteiger partial charge in [0.2, 0.25) is 5.91 Å². The van der Waals surface area contributed by atoms with Crippen LogP contribution in [0.3, 0.4) is 0 Å². The van der Waals surface area contributed by atoms with E-state index >= 15 is 0 Å². The molecule has 5 nitrogen and oxygen atoms in total. The minimum absolute atomic E-state index is 0.0505. The number of rotatable bonds is 2. The minimum atomic E-state index is -0.492. The fraction of sp³-hybridized carbons (Fsp3) is 0.364. The average molecular weight is 220 g/mol. The lowest BCUT2D eigenvalue weighted by atomic mass is 10.3. The molecule has 2 heterocycles. The summed E-state index contributed by atoms with van der Waals surface area (Å²) >= 11 is 0. The summed E-state index contributed by atoms with van der Waals surface area (Å²) in [5.41, 5.74) is 0.222. The van der Waals surface area contributed by atoms with Crippen LogP contribution in [0.15, 0.2) is 18.2 Å². The molecule has 1 aliphatic heterocycles. The average Bonchev–Trinajstić information content (AvgIpc) is 2.74. The zero-order valence-electron chi connectivity index (χ0n) is 8.97. The first kappa shape index (κ1) is 10.6. The molecule has 1 aromatic heterocycles. The van der Waals surface area contributed by atoms with Crippen LogP contribution in [0.25, 0.3) is 0 Å². The van der Waals surface area contributed by atoms with Gasteiger partial charge in [-0.1, -0.05) is 6.07 Å². The van der Waals surface area contributed by atoms with Crippen LogP contribution in [-0.2, 0) is 9.53 Å². The molecule has 0 bridgehead atoms. The number of carbonyl (C=O) groups excluding carboxylic acids is 2. The van der Waals surface area contributed by atoms with Crippen molar-refractivity contribution in [3.8, 4) is 0 Å². The van der Waals surface area contributed by atoms with Crippen molar-refractivity contribution < 1.29 is 14.3 Å². The van der Waals surface area contributed by atoms with Crippen LogP contribution < -0.4 is 4.90 Å². The van der Waals surface area contributed by atoms with Crippen molar-refractivity contribution in [3.63, 3.8) is 0 Å². The van der Waals surface area contributed by atoms with E-state index in [1.54, 1.807) is 23.1 Å². The van der Waals surface area contributed by atoms with Gasteiger partial charge in [-0.2, -0.15) is 0 Å². The Morgan fingerprint density at radius 3 is 2.94 bits per heavy atom. The molecule has 0 aromatic carbocycles. The first-order chi connectivity index (χ1) is 7.72. The summed E-state index contributed by atoms with van der Waals surface area (Å²) in [6.45, 7) is 0.663. The largest absolute Gasteiger partial charge is 0.464 e. The number of amides is 1. The van der Waals surface area contributed by atoms with Gasteiger partial charge in [-0.25, -0.2) is 9.78 Å². The van der Waals surface area contributed by atoms with Crippen molar-refractivity contribution in [3.05, 3.63) is 23.9 Å². The highest BCUT2D eigenvalue weighted by molar-refractivity contribution is 5.95. The lowest BCUT2D eigenvalue weighted by Gasteiger charge is -2.14. The topological polar surface area (TPSA) is 59.5 Å². The lowest BCUT2D eigenvalue weighted by molar-refractivity contribution is -0.117. The molecule has 16 heavy (non-hydrogen) atoms. The number of hydrogen-bond acceptors (Lipinski definition) is 4. The highest BCUT2D eigenvalue weighted by Crippen LogP contribution is 2.19. The Hall–Kier alpha value is -1.91. The van der Waals surface area contributed by atoms with Gasteiger partial charge in [-0.05, 0) is 18.6 Å². The van der Waals surface area contributed by atoms with E-state index in [-0.39, 0.29) is 11.6 Å². The molecule has 1 saturated heterocycles. The SMILES string of the molecule is COC(=O)c1cccc(N2CCCC2=O)n1. The third-order valence-corrected chi connectivity index (χ3v) is 2.48. The summed E-state index contributed by atoms with van der Waals surface area (Å²) < 4.78 is 4.58. The van der Waals surface area contributed by atoms with Crippen LogP contribution in [0.5, 0.6) is 0 Å². The van der Waals surface area contributed by atoms with Gasteiger partial charge in [0, 0.05) is 13.0 Å². The number of anilines is 1. The second-order valence-electron chi connectivity index (χ2n) is 3.52. The number of ether oxygens (including phenoxy) is 1. The molecule has 1 amide bonds. The highest BCUT2D eigenvalue weighted by Gasteiger charge is 2.23. The van der Waals surface area contributed by atoms with E-state index in [4.69, 9.17) is 0 Å². The van der Waals surface area contributed by atoms with E-state index in [1.807, 2.05) is 0 Å². The van der Waals surface area contributed by atoms with Crippen molar-refractivity contribution in [2.75, 3.05) is 18.6 Å². The van der Waals surface area contributed by atoms with Crippen LogP contribution in [0.1, 0.15) is 23.3 Å². The molecule has 0 aliphatic carbocycles. The maximum absolute atomic E-state index is 11.5. The number of methoxy groups -OCH3 is 1. The second-order valence-corrected chi connectivity index (χ2v) is 3.52. The molecule has 0 saturated carbocycles. The monoisotopic (exact) mass is 220 g/mol. The molecule has 1 aliphatic rings. The summed E-state index contributed by atoms with van der Waals surface area (Å²) in [5, 5.41) is 0. The van der Waals surface area contributed by atoms with Gasteiger partial charge < -0.3 is 4.74 Å². The Morgan fingerprint density at radius 1 is 1.50 bits per heavy atom. The second kappa shape index (κ2) is 4.30. The summed E-state index contributed by atoms with van der Waals surface area (Å²) in [5.74, 6) is 0.0772. The van der Waals surface area contributed by atoms with Gasteiger partial charge in [0.05, 0.1) is 7.11 Å². The summed E-state index contributed by atoms with van der Waals surface area (Å²) in [6, 6.07) is 4.98. The van der Waals surface area contributed by atoms with Crippen LogP contribution >= 0.6 is 0 Å². The number of esters is 1. The summed E-state index contributed by atoms with van der Waals surface area (Å²) in [7, 11) is 1.30. The Kier molecular flexibility index (Phi) is 2.85. The van der Waals surface area contributed by atoms with Gasteiger partial charge in [0.1, 0.15) is 5.82 Å². The lowest BCUT2D eigenvalue weighted by Crippen LogP contribution is -2.25. The van der Waals surface area contributed by atoms with Crippen LogP contribution in [0, 0.1) is 0 Å². The van der Waals surface area contributed by atoms with Gasteiger partial charge in [0.25, 0.3) is 0 Å². The zero-order chi connectivity index (χ0) is 11.5. The molecule has 2 rings (SSSR count). The molecular weight excluding hydrogens is 208 g/mol. The molecule has 0 N–H and O–H groups in total. The molecule has 0 radical (unpaired) electrons. The standard InChI is InChI=1S/C11H12N2O3/c1-16-11(15)8-4-2-5-9(12-8)13-7-3-6-10(13)14/h2,4-5H,3,6-7H2,1H3. The zero-order valence-corrected chi connectivity index (χ0v) is 8.97. The van der Waals surface area contributed by atoms with Crippen molar-refractivity contribution >= 4 is 17.7 Å². The number of hydrogen-bond donors (Lipinski definition) is 0. The van der Waals surface area contributed by atoms with E-state index in [0.29, 0.717) is 18.8 Å². The Morgan fingerprint density at radius 2 is 2.31 bits per heavy atom. The van der Waals surface area contributed by atoms with Crippen molar-refractivity contribution in [1.29, 1.82) is 0 Å². The fourth-order valence-electron chi connectivity index (χ4n) is 1.68. The molecule has 84 valence electrons. The molecule has 0 spiro atoms. The van der Waals surface area contributed by atoms with E-state index < -0.39 is 5.97 Å². The fourth-order valence-corrected chi connectivity index (χ4v) is 1.68. The Labute approximate surface area is 93.0 Å². The van der Waals surface area contributed by atoms with E-state index in [2.05, 4.69) is 9.72 Å². The van der Waals surface area contributed by atoms with Crippen molar-refractivity contribution in [2.24, 2.45) is 0 Å². The van der Waals surface area contributed by atoms with Gasteiger partial charge in [-0.15, -0.1) is 0 Å². The predicted molar refractivity (Wildman–Crippen MR) is 57.2 cm³/mol. The van der Waals surface area contributed by atoms with Crippen LogP contribution in [0.4, 0.5) is 5.82 Å². The molecular formula is C11H12N2O3.